The van der Waals surface area contributed by atoms with Crippen LogP contribution < -0.4 is 14.8 Å². The van der Waals surface area contributed by atoms with Crippen molar-refractivity contribution in [1.29, 1.82) is 0 Å². The van der Waals surface area contributed by atoms with E-state index in [9.17, 15) is 26.4 Å². The molecule has 1 aromatic heterocycles. The molecular weight excluding hydrogens is 643 g/mol. The van der Waals surface area contributed by atoms with E-state index in [4.69, 9.17) is 9.15 Å². The van der Waals surface area contributed by atoms with Crippen LogP contribution in [0.4, 0.5) is 11.4 Å². The van der Waals surface area contributed by atoms with Crippen LogP contribution in [0.1, 0.15) is 30.0 Å². The smallest absolute Gasteiger partial charge is 0.324 e. The fourth-order valence-electron chi connectivity index (χ4n) is 4.99. The van der Waals surface area contributed by atoms with Gasteiger partial charge in [0.05, 0.1) is 22.6 Å². The van der Waals surface area contributed by atoms with Gasteiger partial charge in [0.15, 0.2) is 5.76 Å². The van der Waals surface area contributed by atoms with E-state index in [0.717, 1.165) is 11.1 Å². The summed E-state index contributed by atoms with van der Waals surface area (Å²) in [6.45, 7) is 5.11. The van der Waals surface area contributed by atoms with Gasteiger partial charge in [-0.05, 0) is 72.5 Å². The zero-order chi connectivity index (χ0) is 33.9. The van der Waals surface area contributed by atoms with Gasteiger partial charge in [0.25, 0.3) is 15.9 Å². The Morgan fingerprint density at radius 1 is 0.745 bits per heavy atom. The lowest BCUT2D eigenvalue weighted by Gasteiger charge is -2.19. The zero-order valence-electron chi connectivity index (χ0n) is 26.0. The summed E-state index contributed by atoms with van der Waals surface area (Å²) in [5.41, 5.74) is 3.08. The van der Waals surface area contributed by atoms with Crippen LogP contribution in [0.2, 0.25) is 0 Å². The van der Waals surface area contributed by atoms with Crippen molar-refractivity contribution in [2.24, 2.45) is 5.92 Å². The molecule has 47 heavy (non-hydrogen) atoms. The summed E-state index contributed by atoms with van der Waals surface area (Å²) < 4.78 is 67.3. The molecule has 1 heterocycles. The van der Waals surface area contributed by atoms with Gasteiger partial charge in [-0.1, -0.05) is 62.4 Å². The van der Waals surface area contributed by atoms with Gasteiger partial charge in [0.1, 0.15) is 11.6 Å². The van der Waals surface area contributed by atoms with E-state index in [-0.39, 0.29) is 27.2 Å². The lowest BCUT2D eigenvalue weighted by Crippen LogP contribution is -2.44. The van der Waals surface area contributed by atoms with E-state index in [2.05, 4.69) is 14.8 Å². The fourth-order valence-corrected chi connectivity index (χ4v) is 7.41. The Labute approximate surface area is 273 Å². The van der Waals surface area contributed by atoms with E-state index in [1.54, 1.807) is 93.6 Å². The van der Waals surface area contributed by atoms with Gasteiger partial charge >= 0.3 is 5.97 Å². The number of aryl methyl sites for hydroxylation is 1. The second kappa shape index (κ2) is 13.4. The number of esters is 1. The third kappa shape index (κ3) is 7.22. The first-order chi connectivity index (χ1) is 22.3. The van der Waals surface area contributed by atoms with Gasteiger partial charge in [-0.3, -0.25) is 14.3 Å². The highest BCUT2D eigenvalue weighted by Gasteiger charge is 2.29. The monoisotopic (exact) mass is 675 g/mol. The number of hydrogen-bond acceptors (Lipinski definition) is 8. The normalized spacial score (nSPS) is 12.5. The number of nitrogens with one attached hydrogen (secondary N) is 3. The van der Waals surface area contributed by atoms with E-state index in [0.29, 0.717) is 22.2 Å². The van der Waals surface area contributed by atoms with E-state index in [1.807, 2.05) is 0 Å². The predicted molar refractivity (Wildman–Crippen MR) is 179 cm³/mol. The lowest BCUT2D eigenvalue weighted by atomic mass is 10.1. The number of amides is 1. The van der Waals surface area contributed by atoms with Crippen molar-refractivity contribution in [2.45, 2.75) is 36.6 Å². The molecular formula is C34H33N3O8S2. The van der Waals surface area contributed by atoms with Crippen LogP contribution in [0.5, 0.6) is 0 Å². The predicted octanol–water partition coefficient (Wildman–Crippen LogP) is 5.94. The van der Waals surface area contributed by atoms with Crippen LogP contribution >= 0.6 is 0 Å². The number of carbonyl (C=O) groups is 2. The molecule has 3 N–H and O–H groups in total. The highest BCUT2D eigenvalue weighted by atomic mass is 32.2. The fraction of sp³-hybridized carbons (Fsp3) is 0.176. The third-order valence-electron chi connectivity index (χ3n) is 7.50. The Morgan fingerprint density at radius 2 is 1.34 bits per heavy atom. The van der Waals surface area contributed by atoms with E-state index in [1.165, 1.54) is 31.4 Å². The molecule has 5 aromatic rings. The summed E-state index contributed by atoms with van der Waals surface area (Å²) in [6, 6.07) is 24.9. The number of carbonyl (C=O) groups excluding carboxylic acids is 2. The van der Waals surface area contributed by atoms with Crippen molar-refractivity contribution in [3.8, 4) is 11.1 Å². The largest absolute Gasteiger partial charge is 0.468 e. The van der Waals surface area contributed by atoms with Crippen LogP contribution in [-0.2, 0) is 29.6 Å². The first-order valence-electron chi connectivity index (χ1n) is 14.5. The number of furan rings is 1. The van der Waals surface area contributed by atoms with Gasteiger partial charge in [-0.15, -0.1) is 0 Å². The highest BCUT2D eigenvalue weighted by Crippen LogP contribution is 2.33. The van der Waals surface area contributed by atoms with Crippen molar-refractivity contribution in [3.05, 3.63) is 108 Å². The van der Waals surface area contributed by atoms with Crippen LogP contribution in [0.15, 0.2) is 111 Å². The van der Waals surface area contributed by atoms with Gasteiger partial charge in [0, 0.05) is 16.6 Å². The molecule has 0 saturated carbocycles. The number of ether oxygens (including phenoxy) is 1. The quantitative estimate of drug-likeness (QED) is 0.145. The lowest BCUT2D eigenvalue weighted by molar-refractivity contribution is -0.143. The topological polar surface area (TPSA) is 161 Å². The van der Waals surface area contributed by atoms with Crippen molar-refractivity contribution >= 4 is 54.3 Å². The van der Waals surface area contributed by atoms with Crippen molar-refractivity contribution in [1.82, 2.24) is 4.72 Å². The second-order valence-corrected chi connectivity index (χ2v) is 14.5. The molecule has 1 unspecified atom stereocenters. The SMILES string of the molecule is COC(=O)C(NS(=O)(=O)c1ccc(-c2ccc(NC(=O)c3oc4cccc(NS(=O)(=O)c5ccccc5)c4c3C)cc2)cc1)C(C)C. The molecule has 0 bridgehead atoms. The van der Waals surface area contributed by atoms with Crippen molar-refractivity contribution < 1.29 is 35.6 Å². The second-order valence-electron chi connectivity index (χ2n) is 11.1. The molecule has 1 atom stereocenters. The van der Waals surface area contributed by atoms with Gasteiger partial charge in [-0.2, -0.15) is 4.72 Å². The Morgan fingerprint density at radius 3 is 1.94 bits per heavy atom. The molecule has 0 aliphatic carbocycles. The van der Waals surface area contributed by atoms with Gasteiger partial charge in [0.2, 0.25) is 10.0 Å². The maximum atomic E-state index is 13.3. The van der Waals surface area contributed by atoms with Crippen LogP contribution in [0.25, 0.3) is 22.1 Å². The molecule has 0 fully saturated rings. The zero-order valence-corrected chi connectivity index (χ0v) is 27.6. The van der Waals surface area contributed by atoms with Crippen LogP contribution in [-0.4, -0.2) is 41.9 Å². The summed E-state index contributed by atoms with van der Waals surface area (Å²) in [7, 11) is -6.65. The van der Waals surface area contributed by atoms with Crippen LogP contribution in [0.3, 0.4) is 0 Å². The Bertz CT molecular complexity index is 2140. The molecule has 13 heteroatoms. The Kier molecular flexibility index (Phi) is 9.52. The summed E-state index contributed by atoms with van der Waals surface area (Å²) >= 11 is 0. The van der Waals surface area contributed by atoms with Crippen molar-refractivity contribution in [2.75, 3.05) is 17.1 Å². The summed E-state index contributed by atoms with van der Waals surface area (Å²) in [4.78, 5) is 25.4. The maximum Gasteiger partial charge on any atom is 0.324 e. The number of sulfonamides is 2. The molecule has 0 radical (unpaired) electrons. The summed E-state index contributed by atoms with van der Waals surface area (Å²) in [5.74, 6) is -1.46. The minimum absolute atomic E-state index is 0.00286. The molecule has 11 nitrogen and oxygen atoms in total. The first kappa shape index (κ1) is 33.4. The molecule has 1 amide bonds. The number of methoxy groups -OCH3 is 1. The highest BCUT2D eigenvalue weighted by molar-refractivity contribution is 7.92. The Hall–Kier alpha value is -4.98. The standard InChI is InChI=1S/C34H33N3O8S2/c1-21(2)31(34(39)44-4)37-47(42,43)27-19-15-24(16-20-27)23-13-17-25(18-14-23)35-33(38)32-22(3)30-28(11-8-12-29(30)45-32)36-46(40,41)26-9-6-5-7-10-26/h5-21,31,36-37H,1-4H3,(H,35,38). The number of hydrogen-bond donors (Lipinski definition) is 3. The average Bonchev–Trinajstić information content (AvgIpc) is 3.41. The first-order valence-corrected chi connectivity index (χ1v) is 17.5. The molecule has 0 saturated heterocycles. The van der Waals surface area contributed by atoms with Crippen LogP contribution in [0, 0.1) is 12.8 Å². The van der Waals surface area contributed by atoms with Gasteiger partial charge in [-0.25, -0.2) is 16.8 Å². The molecule has 244 valence electrons. The molecule has 4 aromatic carbocycles. The van der Waals surface area contributed by atoms with Gasteiger partial charge < -0.3 is 14.5 Å². The number of fused-ring (bicyclic) bond motifs is 1. The molecule has 0 aliphatic rings. The summed E-state index contributed by atoms with van der Waals surface area (Å²) in [6.07, 6.45) is 0. The van der Waals surface area contributed by atoms with E-state index < -0.39 is 38.0 Å². The van der Waals surface area contributed by atoms with Crippen molar-refractivity contribution in [3.63, 3.8) is 0 Å². The number of rotatable bonds is 11. The summed E-state index contributed by atoms with van der Waals surface area (Å²) in [5, 5.41) is 3.28. The minimum Gasteiger partial charge on any atom is -0.468 e. The maximum absolute atomic E-state index is 13.3. The number of benzene rings is 4. The molecule has 0 spiro atoms. The molecule has 0 aliphatic heterocycles. The average molecular weight is 676 g/mol. The van der Waals surface area contributed by atoms with E-state index >= 15 is 0 Å². The Balaban J connectivity index is 1.30. The molecule has 5 rings (SSSR count). The third-order valence-corrected chi connectivity index (χ3v) is 10.3. The number of anilines is 2. The minimum atomic E-state index is -3.98.